The molecule has 15 heavy (non-hydrogen) atoms. The normalized spacial score (nSPS) is 11.3. The van der Waals surface area contributed by atoms with Crippen molar-refractivity contribution in [3.63, 3.8) is 0 Å². The molecule has 0 saturated heterocycles. The van der Waals surface area contributed by atoms with Crippen LogP contribution >= 0.6 is 0 Å². The summed E-state index contributed by atoms with van der Waals surface area (Å²) in [5.41, 5.74) is 6.59. The van der Waals surface area contributed by atoms with E-state index in [1.807, 2.05) is 39.0 Å². The molecule has 0 atom stereocenters. The van der Waals surface area contributed by atoms with Gasteiger partial charge >= 0.3 is 0 Å². The molecule has 0 amide bonds. The average Bonchev–Trinajstić information content (AvgIpc) is 2.16. The zero-order chi connectivity index (χ0) is 11.5. The number of nitrogens with two attached hydrogens (primary N) is 1. The second-order valence-corrected chi connectivity index (χ2v) is 3.99. The van der Waals surface area contributed by atoms with Crippen LogP contribution in [0.25, 0.3) is 0 Å². The predicted octanol–water partition coefficient (Wildman–Crippen LogP) is 2.29. The van der Waals surface area contributed by atoms with Gasteiger partial charge in [0, 0.05) is 11.1 Å². The molecule has 2 N–H and O–H groups in total. The van der Waals surface area contributed by atoms with Crippen molar-refractivity contribution < 1.29 is 9.47 Å². The van der Waals surface area contributed by atoms with Crippen LogP contribution in [0.2, 0.25) is 0 Å². The second-order valence-electron chi connectivity index (χ2n) is 3.99. The molecule has 3 nitrogen and oxygen atoms in total. The first kappa shape index (κ1) is 11.9. The highest BCUT2D eigenvalue weighted by Gasteiger charge is 2.21. The van der Waals surface area contributed by atoms with E-state index in [9.17, 15) is 0 Å². The van der Waals surface area contributed by atoms with Crippen molar-refractivity contribution in [1.82, 2.24) is 0 Å². The van der Waals surface area contributed by atoms with E-state index < -0.39 is 5.54 Å². The summed E-state index contributed by atoms with van der Waals surface area (Å²) in [6.07, 6.45) is 0. The Kier molecular flexibility index (Phi) is 3.58. The number of para-hydroxylation sites is 1. The number of ether oxygens (including phenoxy) is 2. The Morgan fingerprint density at radius 3 is 2.47 bits per heavy atom. The fourth-order valence-electron chi connectivity index (χ4n) is 1.50. The minimum Gasteiger partial charge on any atom is -0.493 e. The first-order valence-electron chi connectivity index (χ1n) is 5.09. The summed E-state index contributed by atoms with van der Waals surface area (Å²) in [6.45, 7) is 6.45. The van der Waals surface area contributed by atoms with Crippen LogP contribution < -0.4 is 15.2 Å². The van der Waals surface area contributed by atoms with Crippen molar-refractivity contribution in [2.75, 3.05) is 13.7 Å². The van der Waals surface area contributed by atoms with Gasteiger partial charge in [-0.3, -0.25) is 0 Å². The number of rotatable bonds is 4. The maximum atomic E-state index is 6.06. The molecule has 84 valence electrons. The highest BCUT2D eigenvalue weighted by molar-refractivity contribution is 5.49. The zero-order valence-electron chi connectivity index (χ0n) is 9.83. The number of hydrogen-bond acceptors (Lipinski definition) is 3. The molecule has 1 aromatic rings. The van der Waals surface area contributed by atoms with Gasteiger partial charge in [-0.1, -0.05) is 12.1 Å². The van der Waals surface area contributed by atoms with E-state index in [2.05, 4.69) is 0 Å². The average molecular weight is 209 g/mol. The molecule has 1 aromatic carbocycles. The molecular weight excluding hydrogens is 190 g/mol. The van der Waals surface area contributed by atoms with Crippen LogP contribution in [-0.2, 0) is 5.54 Å². The number of benzene rings is 1. The van der Waals surface area contributed by atoms with Gasteiger partial charge in [0.15, 0.2) is 11.5 Å². The minimum atomic E-state index is -0.432. The third-order valence-corrected chi connectivity index (χ3v) is 2.18. The lowest BCUT2D eigenvalue weighted by Gasteiger charge is -2.23. The molecule has 1 rings (SSSR count). The molecule has 0 aromatic heterocycles. The highest BCUT2D eigenvalue weighted by atomic mass is 16.5. The van der Waals surface area contributed by atoms with Crippen LogP contribution in [-0.4, -0.2) is 13.7 Å². The fourth-order valence-corrected chi connectivity index (χ4v) is 1.50. The topological polar surface area (TPSA) is 44.5 Å². The molecule has 0 spiro atoms. The SMILES string of the molecule is CCOc1cccc(C(C)(C)N)c1OC. The fraction of sp³-hybridized carbons (Fsp3) is 0.500. The molecule has 0 saturated carbocycles. The summed E-state index contributed by atoms with van der Waals surface area (Å²) in [5, 5.41) is 0. The van der Waals surface area contributed by atoms with Crippen molar-refractivity contribution >= 4 is 0 Å². The summed E-state index contributed by atoms with van der Waals surface area (Å²) in [6, 6.07) is 5.77. The molecule has 0 aliphatic heterocycles. The van der Waals surface area contributed by atoms with Gasteiger partial charge < -0.3 is 15.2 Å². The molecular formula is C12H19NO2. The largest absolute Gasteiger partial charge is 0.493 e. The Morgan fingerprint density at radius 2 is 2.00 bits per heavy atom. The van der Waals surface area contributed by atoms with Gasteiger partial charge in [-0.25, -0.2) is 0 Å². The molecule has 0 bridgehead atoms. The van der Waals surface area contributed by atoms with Gasteiger partial charge in [-0.2, -0.15) is 0 Å². The third kappa shape index (κ3) is 2.63. The summed E-state index contributed by atoms with van der Waals surface area (Å²) in [4.78, 5) is 0. The van der Waals surface area contributed by atoms with E-state index in [4.69, 9.17) is 15.2 Å². The Bertz CT molecular complexity index is 329. The van der Waals surface area contributed by atoms with Crippen LogP contribution in [0.5, 0.6) is 11.5 Å². The molecule has 0 aliphatic rings. The van der Waals surface area contributed by atoms with Gasteiger partial charge in [0.1, 0.15) is 0 Å². The maximum absolute atomic E-state index is 6.06. The lowest BCUT2D eigenvalue weighted by molar-refractivity contribution is 0.305. The molecule has 0 fully saturated rings. The number of hydrogen-bond donors (Lipinski definition) is 1. The Morgan fingerprint density at radius 1 is 1.33 bits per heavy atom. The van der Waals surface area contributed by atoms with Crippen molar-refractivity contribution in [2.24, 2.45) is 5.73 Å². The summed E-state index contributed by atoms with van der Waals surface area (Å²) < 4.78 is 10.8. The van der Waals surface area contributed by atoms with Gasteiger partial charge in [0.25, 0.3) is 0 Å². The number of methoxy groups -OCH3 is 1. The van der Waals surface area contributed by atoms with Crippen molar-refractivity contribution in [3.05, 3.63) is 23.8 Å². The monoisotopic (exact) mass is 209 g/mol. The van der Waals surface area contributed by atoms with E-state index in [1.165, 1.54) is 0 Å². The van der Waals surface area contributed by atoms with Crippen molar-refractivity contribution in [3.8, 4) is 11.5 Å². The van der Waals surface area contributed by atoms with E-state index >= 15 is 0 Å². The third-order valence-electron chi connectivity index (χ3n) is 2.18. The van der Waals surface area contributed by atoms with Gasteiger partial charge in [0.2, 0.25) is 0 Å². The van der Waals surface area contributed by atoms with E-state index in [-0.39, 0.29) is 0 Å². The molecule has 0 radical (unpaired) electrons. The van der Waals surface area contributed by atoms with Crippen LogP contribution in [0.1, 0.15) is 26.3 Å². The zero-order valence-corrected chi connectivity index (χ0v) is 9.83. The highest BCUT2D eigenvalue weighted by Crippen LogP contribution is 2.36. The van der Waals surface area contributed by atoms with Crippen LogP contribution in [0.15, 0.2) is 18.2 Å². The predicted molar refractivity (Wildman–Crippen MR) is 61.4 cm³/mol. The molecule has 0 heterocycles. The van der Waals surface area contributed by atoms with Crippen molar-refractivity contribution in [1.29, 1.82) is 0 Å². The summed E-state index contributed by atoms with van der Waals surface area (Å²) in [7, 11) is 1.63. The molecule has 0 aliphatic carbocycles. The summed E-state index contributed by atoms with van der Waals surface area (Å²) >= 11 is 0. The van der Waals surface area contributed by atoms with Crippen LogP contribution in [0.4, 0.5) is 0 Å². The Balaban J connectivity index is 3.22. The molecule has 3 heteroatoms. The Labute approximate surface area is 91.2 Å². The first-order valence-corrected chi connectivity index (χ1v) is 5.09. The minimum absolute atomic E-state index is 0.432. The van der Waals surface area contributed by atoms with Gasteiger partial charge in [-0.05, 0) is 26.8 Å². The first-order chi connectivity index (χ1) is 7.00. The van der Waals surface area contributed by atoms with Crippen LogP contribution in [0.3, 0.4) is 0 Å². The summed E-state index contributed by atoms with van der Waals surface area (Å²) in [5.74, 6) is 1.47. The lowest BCUT2D eigenvalue weighted by atomic mass is 9.94. The van der Waals surface area contributed by atoms with Crippen LogP contribution in [0, 0.1) is 0 Å². The van der Waals surface area contributed by atoms with Crippen molar-refractivity contribution in [2.45, 2.75) is 26.3 Å². The quantitative estimate of drug-likeness (QED) is 0.827. The van der Waals surface area contributed by atoms with E-state index in [1.54, 1.807) is 7.11 Å². The smallest absolute Gasteiger partial charge is 0.165 e. The Hall–Kier alpha value is -1.22. The molecule has 0 unspecified atom stereocenters. The maximum Gasteiger partial charge on any atom is 0.165 e. The van der Waals surface area contributed by atoms with E-state index in [0.717, 1.165) is 17.1 Å². The van der Waals surface area contributed by atoms with E-state index in [0.29, 0.717) is 6.61 Å². The van der Waals surface area contributed by atoms with Gasteiger partial charge in [0.05, 0.1) is 13.7 Å². The van der Waals surface area contributed by atoms with Gasteiger partial charge in [-0.15, -0.1) is 0 Å². The lowest BCUT2D eigenvalue weighted by Crippen LogP contribution is -2.29. The second kappa shape index (κ2) is 4.53. The standard InChI is InChI=1S/C12H19NO2/c1-5-15-10-8-6-7-9(11(10)14-4)12(2,3)13/h6-8H,5,13H2,1-4H3.